The van der Waals surface area contributed by atoms with Crippen LogP contribution in [0, 0.1) is 0 Å². The van der Waals surface area contributed by atoms with E-state index in [9.17, 15) is 26.3 Å². The van der Waals surface area contributed by atoms with E-state index in [1.54, 1.807) is 6.07 Å². The molecule has 0 saturated heterocycles. The van der Waals surface area contributed by atoms with Crippen molar-refractivity contribution in [1.29, 1.82) is 0 Å². The van der Waals surface area contributed by atoms with E-state index in [1.165, 1.54) is 23.6 Å². The molecule has 0 spiro atoms. The van der Waals surface area contributed by atoms with Crippen LogP contribution in [0.5, 0.6) is 0 Å². The molecule has 0 radical (unpaired) electrons. The Bertz CT molecular complexity index is 1020. The van der Waals surface area contributed by atoms with Gasteiger partial charge in [-0.15, -0.1) is 11.3 Å². The van der Waals surface area contributed by atoms with Gasteiger partial charge in [-0.05, 0) is 59.7 Å². The number of alkyl halides is 6. The summed E-state index contributed by atoms with van der Waals surface area (Å²) in [6.45, 7) is 2.13. The lowest BCUT2D eigenvalue weighted by atomic mass is 9.98. The monoisotopic (exact) mass is 457 g/mol. The summed E-state index contributed by atoms with van der Waals surface area (Å²) in [6, 6.07) is 6.88. The molecule has 0 bridgehead atoms. The van der Waals surface area contributed by atoms with Crippen molar-refractivity contribution < 1.29 is 26.3 Å². The first kappa shape index (κ1) is 23.3. The number of unbranched alkanes of at least 4 members (excludes halogenated alkanes) is 3. The number of rotatable bonds is 7. The molecule has 0 aliphatic heterocycles. The Balaban J connectivity index is 1.99. The van der Waals surface area contributed by atoms with Crippen LogP contribution < -0.4 is 0 Å². The summed E-state index contributed by atoms with van der Waals surface area (Å²) in [5.41, 5.74) is -1.25. The van der Waals surface area contributed by atoms with Crippen LogP contribution in [0.4, 0.5) is 26.3 Å². The molecule has 0 N–H and O–H groups in total. The Labute approximate surface area is 180 Å². The zero-order valence-electron chi connectivity index (χ0n) is 16.8. The van der Waals surface area contributed by atoms with E-state index < -0.39 is 23.5 Å². The molecule has 31 heavy (non-hydrogen) atoms. The average molecular weight is 457 g/mol. The number of hydrogen-bond acceptors (Lipinski definition) is 2. The lowest BCUT2D eigenvalue weighted by Gasteiger charge is -2.16. The van der Waals surface area contributed by atoms with Crippen molar-refractivity contribution in [2.24, 2.45) is 0 Å². The quantitative estimate of drug-likeness (QED) is 0.256. The summed E-state index contributed by atoms with van der Waals surface area (Å²) < 4.78 is 79.5. The number of hydrogen-bond donors (Lipinski definition) is 0. The van der Waals surface area contributed by atoms with Crippen LogP contribution in [0.1, 0.15) is 49.3 Å². The normalized spacial score (nSPS) is 12.4. The molecule has 8 heteroatoms. The minimum absolute atomic E-state index is 0.0103. The van der Waals surface area contributed by atoms with E-state index in [1.807, 2.05) is 11.4 Å². The molecule has 166 valence electrons. The molecular weight excluding hydrogens is 436 g/mol. The van der Waals surface area contributed by atoms with Gasteiger partial charge in [0.25, 0.3) is 0 Å². The molecule has 3 aromatic rings. The van der Waals surface area contributed by atoms with Gasteiger partial charge in [0.2, 0.25) is 0 Å². The van der Waals surface area contributed by atoms with Gasteiger partial charge in [-0.25, -0.2) is 0 Å². The highest BCUT2D eigenvalue weighted by atomic mass is 32.1. The highest BCUT2D eigenvalue weighted by molar-refractivity contribution is 7.13. The van der Waals surface area contributed by atoms with Gasteiger partial charge in [-0.1, -0.05) is 32.3 Å². The number of pyridine rings is 1. The predicted octanol–water partition coefficient (Wildman–Crippen LogP) is 8.64. The molecule has 2 aromatic heterocycles. The Kier molecular flexibility index (Phi) is 7.09. The van der Waals surface area contributed by atoms with Crippen molar-refractivity contribution in [3.63, 3.8) is 0 Å². The Hall–Kier alpha value is -2.35. The number of benzene rings is 1. The fourth-order valence-electron chi connectivity index (χ4n) is 3.43. The second-order valence-electron chi connectivity index (χ2n) is 7.27. The standard InChI is InChI=1S/C23H21F6NS/c1-2-3-4-5-6-15-10-12-31-21(15)16-9-11-30-20(13-16)18-8-7-17(22(24,25)26)14-19(18)23(27,28)29/h7-14H,2-6H2,1H3. The Morgan fingerprint density at radius 2 is 1.65 bits per heavy atom. The molecule has 0 fully saturated rings. The van der Waals surface area contributed by atoms with Gasteiger partial charge in [0, 0.05) is 16.6 Å². The lowest BCUT2D eigenvalue weighted by molar-refractivity contribution is -0.142. The van der Waals surface area contributed by atoms with Gasteiger partial charge in [-0.3, -0.25) is 4.98 Å². The number of thiophene rings is 1. The zero-order chi connectivity index (χ0) is 22.6. The topological polar surface area (TPSA) is 12.9 Å². The molecule has 0 aliphatic carbocycles. The fourth-order valence-corrected chi connectivity index (χ4v) is 4.38. The molecule has 0 amide bonds. The lowest BCUT2D eigenvalue weighted by Crippen LogP contribution is -2.12. The second-order valence-corrected chi connectivity index (χ2v) is 8.19. The maximum atomic E-state index is 13.5. The first-order valence-corrected chi connectivity index (χ1v) is 10.8. The van der Waals surface area contributed by atoms with E-state index in [-0.39, 0.29) is 17.3 Å². The van der Waals surface area contributed by atoms with Gasteiger partial charge < -0.3 is 0 Å². The van der Waals surface area contributed by atoms with Gasteiger partial charge in [0.1, 0.15) is 0 Å². The van der Waals surface area contributed by atoms with E-state index in [2.05, 4.69) is 11.9 Å². The smallest absolute Gasteiger partial charge is 0.256 e. The van der Waals surface area contributed by atoms with E-state index >= 15 is 0 Å². The molecule has 0 unspecified atom stereocenters. The van der Waals surface area contributed by atoms with E-state index in [0.717, 1.165) is 48.6 Å². The Morgan fingerprint density at radius 3 is 2.32 bits per heavy atom. The van der Waals surface area contributed by atoms with E-state index in [0.29, 0.717) is 11.6 Å². The van der Waals surface area contributed by atoms with Crippen molar-refractivity contribution in [3.05, 3.63) is 64.7 Å². The van der Waals surface area contributed by atoms with Crippen molar-refractivity contribution in [2.45, 2.75) is 51.4 Å². The molecule has 3 rings (SSSR count). The van der Waals surface area contributed by atoms with Crippen molar-refractivity contribution in [1.82, 2.24) is 4.98 Å². The fraction of sp³-hybridized carbons (Fsp3) is 0.348. The molecular formula is C23H21F6NS. The van der Waals surface area contributed by atoms with Crippen LogP contribution in [0.15, 0.2) is 48.0 Å². The number of aryl methyl sites for hydroxylation is 1. The van der Waals surface area contributed by atoms with Crippen LogP contribution in [0.3, 0.4) is 0 Å². The molecule has 0 aliphatic rings. The van der Waals surface area contributed by atoms with Crippen LogP contribution in [0.2, 0.25) is 0 Å². The molecule has 1 aromatic carbocycles. The summed E-state index contributed by atoms with van der Waals surface area (Å²) >= 11 is 1.49. The maximum Gasteiger partial charge on any atom is 0.417 e. The van der Waals surface area contributed by atoms with Gasteiger partial charge in [-0.2, -0.15) is 26.3 Å². The van der Waals surface area contributed by atoms with Crippen molar-refractivity contribution in [3.8, 4) is 21.7 Å². The molecule has 0 atom stereocenters. The van der Waals surface area contributed by atoms with Crippen LogP contribution in [-0.2, 0) is 18.8 Å². The summed E-state index contributed by atoms with van der Waals surface area (Å²) in [5, 5.41) is 1.93. The van der Waals surface area contributed by atoms with Crippen molar-refractivity contribution >= 4 is 11.3 Å². The number of nitrogens with zero attached hydrogens (tertiary/aromatic N) is 1. The van der Waals surface area contributed by atoms with Crippen LogP contribution in [-0.4, -0.2) is 4.98 Å². The largest absolute Gasteiger partial charge is 0.417 e. The molecule has 2 heterocycles. The Morgan fingerprint density at radius 1 is 0.871 bits per heavy atom. The number of halogens is 6. The van der Waals surface area contributed by atoms with E-state index in [4.69, 9.17) is 0 Å². The first-order chi connectivity index (χ1) is 14.6. The second kappa shape index (κ2) is 9.42. The minimum atomic E-state index is -4.94. The maximum absolute atomic E-state index is 13.5. The SMILES string of the molecule is CCCCCCc1ccsc1-c1ccnc(-c2ccc(C(F)(F)F)cc2C(F)(F)F)c1. The van der Waals surface area contributed by atoms with Gasteiger partial charge >= 0.3 is 12.4 Å². The van der Waals surface area contributed by atoms with Crippen molar-refractivity contribution in [2.75, 3.05) is 0 Å². The summed E-state index contributed by atoms with van der Waals surface area (Å²) in [5.74, 6) is 0. The first-order valence-electron chi connectivity index (χ1n) is 9.93. The average Bonchev–Trinajstić information content (AvgIpc) is 3.18. The van der Waals surface area contributed by atoms with Gasteiger partial charge in [0.15, 0.2) is 0 Å². The summed E-state index contributed by atoms with van der Waals surface area (Å²) in [7, 11) is 0. The zero-order valence-corrected chi connectivity index (χ0v) is 17.6. The van der Waals surface area contributed by atoms with Gasteiger partial charge in [0.05, 0.1) is 16.8 Å². The van der Waals surface area contributed by atoms with Crippen LogP contribution >= 0.6 is 11.3 Å². The highest BCUT2D eigenvalue weighted by Crippen LogP contribution is 2.41. The summed E-state index contributed by atoms with van der Waals surface area (Å²) in [6.07, 6.45) is -3.15. The molecule has 1 nitrogen and oxygen atoms in total. The number of aromatic nitrogens is 1. The van der Waals surface area contributed by atoms with Crippen LogP contribution in [0.25, 0.3) is 21.7 Å². The predicted molar refractivity (Wildman–Crippen MR) is 111 cm³/mol. The highest BCUT2D eigenvalue weighted by Gasteiger charge is 2.38. The third-order valence-electron chi connectivity index (χ3n) is 5.00. The minimum Gasteiger partial charge on any atom is -0.256 e. The summed E-state index contributed by atoms with van der Waals surface area (Å²) in [4.78, 5) is 4.97. The molecule has 0 saturated carbocycles. The third kappa shape index (κ3) is 5.67. The third-order valence-corrected chi connectivity index (χ3v) is 6.00.